The summed E-state index contributed by atoms with van der Waals surface area (Å²) in [6, 6.07) is 9.59. The number of nitrogens with one attached hydrogen (secondary N) is 1. The number of nitrogens with zero attached hydrogens (tertiary/aromatic N) is 2. The van der Waals surface area contributed by atoms with E-state index in [-0.39, 0.29) is 30.6 Å². The van der Waals surface area contributed by atoms with E-state index in [0.29, 0.717) is 31.9 Å². The lowest BCUT2D eigenvalue weighted by Gasteiger charge is -2.13. The molecule has 0 unspecified atom stereocenters. The van der Waals surface area contributed by atoms with Crippen LogP contribution in [0, 0.1) is 0 Å². The third kappa shape index (κ3) is 3.41. The number of benzene rings is 2. The summed E-state index contributed by atoms with van der Waals surface area (Å²) < 4.78 is 0.768. The average molecular weight is 420 g/mol. The Bertz CT molecular complexity index is 1080. The Morgan fingerprint density at radius 2 is 1.74 bits per heavy atom. The van der Waals surface area contributed by atoms with Crippen molar-refractivity contribution in [3.05, 3.63) is 52.0 Å². The molecule has 1 aliphatic rings. The van der Waals surface area contributed by atoms with Gasteiger partial charge in [0, 0.05) is 23.4 Å². The maximum atomic E-state index is 12.5. The number of aromatic nitrogens is 1. The Labute approximate surface area is 167 Å². The lowest BCUT2D eigenvalue weighted by molar-refractivity contribution is -0.121. The summed E-state index contributed by atoms with van der Waals surface area (Å²) in [4.78, 5) is 41.5. The number of hydrogen-bond acceptors (Lipinski definition) is 5. The first-order valence-corrected chi connectivity index (χ1v) is 9.52. The monoisotopic (exact) mass is 419 g/mol. The first-order valence-electron chi connectivity index (χ1n) is 7.95. The number of carbonyl (C=O) groups excluding carboxylic acids is 3. The molecule has 3 aromatic rings. The van der Waals surface area contributed by atoms with Crippen LogP contribution in [0.5, 0.6) is 0 Å². The van der Waals surface area contributed by atoms with E-state index in [2.05, 4.69) is 10.3 Å². The number of anilines is 2. The molecular weight excluding hydrogens is 409 g/mol. The SMILES string of the molecule is O=C(Nc1nc2c(Cl)cc(Cl)cc2s1)c1ccc(N2C(=O)CCC2=O)cc1. The van der Waals surface area contributed by atoms with Gasteiger partial charge in [0.1, 0.15) is 5.52 Å². The summed E-state index contributed by atoms with van der Waals surface area (Å²) in [6.07, 6.45) is 0.427. The van der Waals surface area contributed by atoms with Gasteiger partial charge in [-0.25, -0.2) is 4.98 Å². The first kappa shape index (κ1) is 17.9. The molecule has 9 heteroatoms. The van der Waals surface area contributed by atoms with Gasteiger partial charge in [0.15, 0.2) is 5.13 Å². The quantitative estimate of drug-likeness (QED) is 0.633. The third-order valence-electron chi connectivity index (χ3n) is 4.07. The summed E-state index contributed by atoms with van der Waals surface area (Å²) in [5.41, 5.74) is 1.41. The van der Waals surface area contributed by atoms with Crippen molar-refractivity contribution >= 4 is 73.3 Å². The molecule has 0 aliphatic carbocycles. The van der Waals surface area contributed by atoms with Crippen LogP contribution in [-0.4, -0.2) is 22.7 Å². The molecule has 0 saturated carbocycles. The number of halogens is 2. The van der Waals surface area contributed by atoms with E-state index in [9.17, 15) is 14.4 Å². The molecule has 1 fully saturated rings. The van der Waals surface area contributed by atoms with Crippen LogP contribution < -0.4 is 10.2 Å². The highest BCUT2D eigenvalue weighted by Gasteiger charge is 2.30. The second kappa shape index (κ2) is 6.92. The van der Waals surface area contributed by atoms with E-state index in [0.717, 1.165) is 9.60 Å². The number of imide groups is 1. The summed E-state index contributed by atoms with van der Waals surface area (Å²) in [5.74, 6) is -0.827. The fourth-order valence-corrected chi connectivity index (χ4v) is 4.39. The molecule has 1 N–H and O–H groups in total. The molecule has 1 aromatic heterocycles. The second-order valence-electron chi connectivity index (χ2n) is 5.88. The molecule has 1 aliphatic heterocycles. The molecule has 0 radical (unpaired) electrons. The van der Waals surface area contributed by atoms with Crippen molar-refractivity contribution in [2.24, 2.45) is 0 Å². The molecule has 136 valence electrons. The van der Waals surface area contributed by atoms with Crippen molar-refractivity contribution in [3.63, 3.8) is 0 Å². The molecule has 0 atom stereocenters. The average Bonchev–Trinajstić information content (AvgIpc) is 3.18. The minimum Gasteiger partial charge on any atom is -0.298 e. The summed E-state index contributed by atoms with van der Waals surface area (Å²) in [6.45, 7) is 0. The van der Waals surface area contributed by atoms with E-state index >= 15 is 0 Å². The maximum Gasteiger partial charge on any atom is 0.257 e. The Hall–Kier alpha value is -2.48. The Balaban J connectivity index is 1.54. The van der Waals surface area contributed by atoms with Gasteiger partial charge in [0.25, 0.3) is 5.91 Å². The predicted octanol–water partition coefficient (Wildman–Crippen LogP) is 4.51. The van der Waals surface area contributed by atoms with Crippen LogP contribution in [0.4, 0.5) is 10.8 Å². The van der Waals surface area contributed by atoms with Gasteiger partial charge in [0.2, 0.25) is 11.8 Å². The van der Waals surface area contributed by atoms with E-state index < -0.39 is 0 Å². The van der Waals surface area contributed by atoms with Crippen molar-refractivity contribution < 1.29 is 14.4 Å². The fraction of sp³-hybridized carbons (Fsp3) is 0.111. The standard InChI is InChI=1S/C18H11Cl2N3O3S/c19-10-7-12(20)16-13(8-10)27-18(21-16)22-17(26)9-1-3-11(4-2-9)23-14(24)5-6-15(23)25/h1-4,7-8H,5-6H2,(H,21,22,26). The summed E-state index contributed by atoms with van der Waals surface area (Å²) in [5, 5.41) is 4.03. The highest BCUT2D eigenvalue weighted by atomic mass is 35.5. The molecule has 1 saturated heterocycles. The Kier molecular flexibility index (Phi) is 4.59. The van der Waals surface area contributed by atoms with Crippen LogP contribution in [-0.2, 0) is 9.59 Å². The topological polar surface area (TPSA) is 79.4 Å². The highest BCUT2D eigenvalue weighted by Crippen LogP contribution is 2.34. The number of fused-ring (bicyclic) bond motifs is 1. The van der Waals surface area contributed by atoms with Gasteiger partial charge in [-0.2, -0.15) is 0 Å². The van der Waals surface area contributed by atoms with Gasteiger partial charge < -0.3 is 0 Å². The van der Waals surface area contributed by atoms with Crippen LogP contribution >= 0.6 is 34.5 Å². The highest BCUT2D eigenvalue weighted by molar-refractivity contribution is 7.22. The normalized spacial score (nSPS) is 14.2. The number of carbonyl (C=O) groups is 3. The molecule has 0 bridgehead atoms. The summed E-state index contributed by atoms with van der Waals surface area (Å²) >= 11 is 13.4. The molecule has 0 spiro atoms. The van der Waals surface area contributed by atoms with Crippen LogP contribution in [0.1, 0.15) is 23.2 Å². The molecule has 2 heterocycles. The molecule has 4 rings (SSSR count). The molecule has 3 amide bonds. The van der Waals surface area contributed by atoms with E-state index in [4.69, 9.17) is 23.2 Å². The van der Waals surface area contributed by atoms with E-state index in [1.54, 1.807) is 36.4 Å². The van der Waals surface area contributed by atoms with E-state index in [1.165, 1.54) is 11.3 Å². The van der Waals surface area contributed by atoms with Gasteiger partial charge in [-0.1, -0.05) is 34.5 Å². The first-order chi connectivity index (χ1) is 12.9. The maximum absolute atomic E-state index is 12.5. The van der Waals surface area contributed by atoms with Crippen molar-refractivity contribution in [3.8, 4) is 0 Å². The van der Waals surface area contributed by atoms with E-state index in [1.807, 2.05) is 0 Å². The van der Waals surface area contributed by atoms with Crippen molar-refractivity contribution in [1.29, 1.82) is 0 Å². The van der Waals surface area contributed by atoms with Gasteiger partial charge in [-0.05, 0) is 36.4 Å². The predicted molar refractivity (Wildman–Crippen MR) is 106 cm³/mol. The number of amides is 3. The molecule has 6 nitrogen and oxygen atoms in total. The molecular formula is C18H11Cl2N3O3S. The van der Waals surface area contributed by atoms with Crippen molar-refractivity contribution in [1.82, 2.24) is 4.98 Å². The van der Waals surface area contributed by atoms with Gasteiger partial charge in [-0.3, -0.25) is 24.6 Å². The zero-order valence-electron chi connectivity index (χ0n) is 13.7. The van der Waals surface area contributed by atoms with Crippen LogP contribution in [0.25, 0.3) is 10.2 Å². The van der Waals surface area contributed by atoms with Gasteiger partial charge >= 0.3 is 0 Å². The second-order valence-corrected chi connectivity index (χ2v) is 7.75. The van der Waals surface area contributed by atoms with Gasteiger partial charge in [0.05, 0.1) is 15.4 Å². The smallest absolute Gasteiger partial charge is 0.257 e. The zero-order chi connectivity index (χ0) is 19.1. The molecule has 2 aromatic carbocycles. The molecule has 27 heavy (non-hydrogen) atoms. The minimum absolute atomic E-state index is 0.214. The third-order valence-corrected chi connectivity index (χ3v) is 5.50. The van der Waals surface area contributed by atoms with Gasteiger partial charge in [-0.15, -0.1) is 0 Å². The fourth-order valence-electron chi connectivity index (χ4n) is 2.81. The Morgan fingerprint density at radius 1 is 1.07 bits per heavy atom. The summed E-state index contributed by atoms with van der Waals surface area (Å²) in [7, 11) is 0. The number of hydrogen-bond donors (Lipinski definition) is 1. The van der Waals surface area contributed by atoms with Crippen LogP contribution in [0.3, 0.4) is 0 Å². The lowest BCUT2D eigenvalue weighted by atomic mass is 10.2. The zero-order valence-corrected chi connectivity index (χ0v) is 16.0. The van der Waals surface area contributed by atoms with Crippen molar-refractivity contribution in [2.75, 3.05) is 10.2 Å². The Morgan fingerprint density at radius 3 is 2.41 bits per heavy atom. The minimum atomic E-state index is -0.359. The van der Waals surface area contributed by atoms with Crippen LogP contribution in [0.15, 0.2) is 36.4 Å². The number of rotatable bonds is 3. The number of thiazole rings is 1. The lowest BCUT2D eigenvalue weighted by Crippen LogP contribution is -2.28. The van der Waals surface area contributed by atoms with Crippen LogP contribution in [0.2, 0.25) is 10.0 Å². The largest absolute Gasteiger partial charge is 0.298 e. The van der Waals surface area contributed by atoms with Crippen molar-refractivity contribution in [2.45, 2.75) is 12.8 Å².